The number of benzene rings is 1. The quantitative estimate of drug-likeness (QED) is 0.873. The number of halogens is 4. The van der Waals surface area contributed by atoms with Gasteiger partial charge in [-0.15, -0.1) is 0 Å². The molecule has 0 aliphatic rings. The van der Waals surface area contributed by atoms with Crippen LogP contribution in [-0.2, 0) is 10.4 Å². The number of aliphatic hydroxyl groups is 1. The SMILES string of the molecule is CNC(=O)C(O)(c1ccc(C)c(Cl)c1)C(F)(F)F. The van der Waals surface area contributed by atoms with Gasteiger partial charge in [0, 0.05) is 17.6 Å². The Morgan fingerprint density at radius 1 is 1.39 bits per heavy atom. The summed E-state index contributed by atoms with van der Waals surface area (Å²) in [5.74, 6) is -1.56. The maximum atomic E-state index is 12.9. The summed E-state index contributed by atoms with van der Waals surface area (Å²) in [6.07, 6.45) is -5.15. The number of rotatable bonds is 2. The Morgan fingerprint density at radius 2 is 1.94 bits per heavy atom. The number of amides is 1. The Kier molecular flexibility index (Phi) is 3.92. The van der Waals surface area contributed by atoms with Gasteiger partial charge >= 0.3 is 6.18 Å². The van der Waals surface area contributed by atoms with Crippen LogP contribution in [0, 0.1) is 6.92 Å². The molecule has 100 valence electrons. The van der Waals surface area contributed by atoms with Gasteiger partial charge in [0.15, 0.2) is 0 Å². The van der Waals surface area contributed by atoms with Crippen LogP contribution >= 0.6 is 11.6 Å². The second-order valence-electron chi connectivity index (χ2n) is 3.75. The first-order valence-electron chi connectivity index (χ1n) is 4.92. The number of nitrogens with one attached hydrogen (secondary N) is 1. The fourth-order valence-electron chi connectivity index (χ4n) is 1.42. The minimum Gasteiger partial charge on any atom is -0.369 e. The highest BCUT2D eigenvalue weighted by atomic mass is 35.5. The minimum absolute atomic E-state index is 0.0408. The highest BCUT2D eigenvalue weighted by Crippen LogP contribution is 2.40. The molecular formula is C11H11ClF3NO2. The third-order valence-electron chi connectivity index (χ3n) is 2.56. The van der Waals surface area contributed by atoms with Crippen molar-refractivity contribution < 1.29 is 23.1 Å². The smallest absolute Gasteiger partial charge is 0.369 e. The summed E-state index contributed by atoms with van der Waals surface area (Å²) in [6, 6.07) is 3.25. The second kappa shape index (κ2) is 4.78. The van der Waals surface area contributed by atoms with Crippen molar-refractivity contribution in [3.63, 3.8) is 0 Å². The van der Waals surface area contributed by atoms with E-state index in [1.807, 2.05) is 0 Å². The van der Waals surface area contributed by atoms with Crippen molar-refractivity contribution in [2.45, 2.75) is 18.7 Å². The summed E-state index contributed by atoms with van der Waals surface area (Å²) in [4.78, 5) is 11.4. The highest BCUT2D eigenvalue weighted by molar-refractivity contribution is 6.31. The van der Waals surface area contributed by atoms with Crippen LogP contribution in [0.25, 0.3) is 0 Å². The Labute approximate surface area is 107 Å². The number of carbonyl (C=O) groups excluding carboxylic acids is 1. The van der Waals surface area contributed by atoms with E-state index >= 15 is 0 Å². The molecule has 0 saturated carbocycles. The molecule has 18 heavy (non-hydrogen) atoms. The molecule has 7 heteroatoms. The first-order chi connectivity index (χ1) is 8.14. The van der Waals surface area contributed by atoms with Crippen LogP contribution in [0.15, 0.2) is 18.2 Å². The summed E-state index contributed by atoms with van der Waals surface area (Å²) in [6.45, 7) is 1.60. The van der Waals surface area contributed by atoms with Gasteiger partial charge in [-0.1, -0.05) is 23.7 Å². The summed E-state index contributed by atoms with van der Waals surface area (Å²) >= 11 is 5.71. The zero-order chi connectivity index (χ0) is 14.1. The van der Waals surface area contributed by atoms with Gasteiger partial charge in [0.25, 0.3) is 11.5 Å². The first-order valence-corrected chi connectivity index (χ1v) is 5.30. The van der Waals surface area contributed by atoms with E-state index in [0.717, 1.165) is 19.2 Å². The van der Waals surface area contributed by atoms with Crippen molar-refractivity contribution in [2.24, 2.45) is 0 Å². The molecule has 1 aromatic carbocycles. The topological polar surface area (TPSA) is 49.3 Å². The maximum Gasteiger partial charge on any atom is 0.430 e. The van der Waals surface area contributed by atoms with Gasteiger partial charge in [-0.2, -0.15) is 13.2 Å². The van der Waals surface area contributed by atoms with Crippen molar-refractivity contribution in [1.29, 1.82) is 0 Å². The molecule has 0 aromatic heterocycles. The molecule has 1 rings (SSSR count). The molecule has 0 aliphatic heterocycles. The van der Waals surface area contributed by atoms with Crippen LogP contribution in [0.3, 0.4) is 0 Å². The predicted molar refractivity (Wildman–Crippen MR) is 60.2 cm³/mol. The van der Waals surface area contributed by atoms with E-state index in [2.05, 4.69) is 0 Å². The van der Waals surface area contributed by atoms with Crippen molar-refractivity contribution in [2.75, 3.05) is 7.05 Å². The summed E-state index contributed by atoms with van der Waals surface area (Å²) in [7, 11) is 1.01. The normalized spacial score (nSPS) is 15.1. The van der Waals surface area contributed by atoms with Crippen LogP contribution < -0.4 is 5.32 Å². The molecule has 1 amide bonds. The monoisotopic (exact) mass is 281 g/mol. The maximum absolute atomic E-state index is 12.9. The standard InChI is InChI=1S/C11H11ClF3NO2/c1-6-3-4-7(5-8(6)12)10(18,9(17)16-2)11(13,14)15/h3-5,18H,1-2H3,(H,16,17). The van der Waals surface area contributed by atoms with E-state index in [1.165, 1.54) is 6.07 Å². The lowest BCUT2D eigenvalue weighted by atomic mass is 9.91. The van der Waals surface area contributed by atoms with Crippen LogP contribution in [0.2, 0.25) is 5.02 Å². The van der Waals surface area contributed by atoms with Gasteiger partial charge in [-0.3, -0.25) is 4.79 Å². The summed E-state index contributed by atoms with van der Waals surface area (Å²) in [5, 5.41) is 11.5. The number of carbonyl (C=O) groups is 1. The van der Waals surface area contributed by atoms with E-state index in [1.54, 1.807) is 12.2 Å². The molecule has 0 saturated heterocycles. The average molecular weight is 282 g/mol. The van der Waals surface area contributed by atoms with Crippen molar-refractivity contribution in [3.8, 4) is 0 Å². The number of alkyl halides is 3. The largest absolute Gasteiger partial charge is 0.430 e. The lowest BCUT2D eigenvalue weighted by Gasteiger charge is -2.29. The zero-order valence-corrected chi connectivity index (χ0v) is 10.4. The molecular weight excluding hydrogens is 271 g/mol. The van der Waals surface area contributed by atoms with Crippen LogP contribution in [0.1, 0.15) is 11.1 Å². The third kappa shape index (κ3) is 2.30. The third-order valence-corrected chi connectivity index (χ3v) is 2.96. The Hall–Kier alpha value is -1.27. The molecule has 3 nitrogen and oxygen atoms in total. The molecule has 0 fully saturated rings. The van der Waals surface area contributed by atoms with Gasteiger partial charge in [0.1, 0.15) is 0 Å². The number of likely N-dealkylation sites (N-methyl/N-ethyl adjacent to an activating group) is 1. The molecule has 0 radical (unpaired) electrons. The van der Waals surface area contributed by atoms with E-state index < -0.39 is 23.2 Å². The number of hydrogen-bond acceptors (Lipinski definition) is 2. The molecule has 1 atom stereocenters. The second-order valence-corrected chi connectivity index (χ2v) is 4.16. The predicted octanol–water partition coefficient (Wildman–Crippen LogP) is 2.14. The average Bonchev–Trinajstić information content (AvgIpc) is 2.29. The molecule has 1 unspecified atom stereocenters. The molecule has 0 aliphatic carbocycles. The van der Waals surface area contributed by atoms with Gasteiger partial charge in [-0.25, -0.2) is 0 Å². The first kappa shape index (κ1) is 14.8. The van der Waals surface area contributed by atoms with Gasteiger partial charge in [-0.05, 0) is 18.6 Å². The fraction of sp³-hybridized carbons (Fsp3) is 0.364. The minimum atomic E-state index is -5.15. The molecule has 0 spiro atoms. The van der Waals surface area contributed by atoms with Crippen molar-refractivity contribution in [1.82, 2.24) is 5.32 Å². The Bertz CT molecular complexity index is 476. The van der Waals surface area contributed by atoms with Crippen LogP contribution in [-0.4, -0.2) is 24.2 Å². The summed E-state index contributed by atoms with van der Waals surface area (Å²) < 4.78 is 38.7. The Morgan fingerprint density at radius 3 is 2.33 bits per heavy atom. The van der Waals surface area contributed by atoms with E-state index in [4.69, 9.17) is 11.6 Å². The highest BCUT2D eigenvalue weighted by Gasteiger charge is 2.60. The zero-order valence-electron chi connectivity index (χ0n) is 9.60. The van der Waals surface area contributed by atoms with Gasteiger partial charge in [0.05, 0.1) is 0 Å². The lowest BCUT2D eigenvalue weighted by molar-refractivity contribution is -0.256. The Balaban J connectivity index is 3.45. The molecule has 1 aromatic rings. The van der Waals surface area contributed by atoms with E-state index in [0.29, 0.717) is 5.56 Å². The molecule has 0 heterocycles. The van der Waals surface area contributed by atoms with Crippen LogP contribution in [0.4, 0.5) is 13.2 Å². The van der Waals surface area contributed by atoms with Gasteiger partial charge < -0.3 is 10.4 Å². The lowest BCUT2D eigenvalue weighted by Crippen LogP contribution is -2.53. The van der Waals surface area contributed by atoms with Crippen molar-refractivity contribution in [3.05, 3.63) is 34.3 Å². The number of hydrogen-bond donors (Lipinski definition) is 2. The number of aryl methyl sites for hydroxylation is 1. The molecule has 2 N–H and O–H groups in total. The van der Waals surface area contributed by atoms with Crippen LogP contribution in [0.5, 0.6) is 0 Å². The molecule has 0 bridgehead atoms. The summed E-state index contributed by atoms with van der Waals surface area (Å²) in [5.41, 5.74) is -3.69. The fourth-order valence-corrected chi connectivity index (χ4v) is 1.60. The van der Waals surface area contributed by atoms with E-state index in [-0.39, 0.29) is 5.02 Å². The van der Waals surface area contributed by atoms with Crippen molar-refractivity contribution >= 4 is 17.5 Å². The van der Waals surface area contributed by atoms with E-state index in [9.17, 15) is 23.1 Å². The van der Waals surface area contributed by atoms with Gasteiger partial charge in [0.2, 0.25) is 0 Å².